The maximum absolute atomic E-state index is 11.1. The van der Waals surface area contributed by atoms with Gasteiger partial charge in [-0.2, -0.15) is 11.8 Å². The van der Waals surface area contributed by atoms with Crippen LogP contribution in [0.2, 0.25) is 0 Å². The molecular weight excluding hydrogens is 260 g/mol. The predicted molar refractivity (Wildman–Crippen MR) is 81.4 cm³/mol. The van der Waals surface area contributed by atoms with Crippen LogP contribution in [0.3, 0.4) is 0 Å². The number of para-hydroxylation sites is 1. The van der Waals surface area contributed by atoms with Gasteiger partial charge in [-0.25, -0.2) is 0 Å². The summed E-state index contributed by atoms with van der Waals surface area (Å²) in [5.41, 5.74) is 1.88. The van der Waals surface area contributed by atoms with E-state index in [0.717, 1.165) is 11.3 Å². The third kappa shape index (κ3) is 5.22. The van der Waals surface area contributed by atoms with Crippen molar-refractivity contribution in [1.29, 1.82) is 0 Å². The van der Waals surface area contributed by atoms with Crippen LogP contribution in [0.15, 0.2) is 24.3 Å². The molecule has 2 unspecified atom stereocenters. The van der Waals surface area contributed by atoms with Gasteiger partial charge in [0.25, 0.3) is 0 Å². The summed E-state index contributed by atoms with van der Waals surface area (Å²) in [7, 11) is 0. The average Bonchev–Trinajstić information content (AvgIpc) is 2.38. The first-order valence-electron chi connectivity index (χ1n) is 6.31. The molecule has 0 saturated heterocycles. The van der Waals surface area contributed by atoms with Crippen LogP contribution in [0, 0.1) is 0 Å². The number of carbonyl (C=O) groups excluding carboxylic acids is 1. The first kappa shape index (κ1) is 16.0. The minimum atomic E-state index is -0.0714. The highest BCUT2D eigenvalue weighted by Crippen LogP contribution is 2.16. The number of carbonyl (C=O) groups is 1. The summed E-state index contributed by atoms with van der Waals surface area (Å²) in [4.78, 5) is 11.1. The summed E-state index contributed by atoms with van der Waals surface area (Å²) in [5.74, 6) is -0.0714. The first-order chi connectivity index (χ1) is 9.08. The summed E-state index contributed by atoms with van der Waals surface area (Å²) < 4.78 is 0. The van der Waals surface area contributed by atoms with Crippen molar-refractivity contribution in [2.75, 3.05) is 18.2 Å². The van der Waals surface area contributed by atoms with Gasteiger partial charge in [0.2, 0.25) is 5.91 Å². The molecule has 0 aliphatic carbocycles. The number of rotatable bonds is 7. The number of hydrogen-bond acceptors (Lipinski definition) is 4. The molecule has 106 valence electrons. The molecule has 0 radical (unpaired) electrons. The number of amides is 1. The smallest absolute Gasteiger partial charge is 0.221 e. The number of nitrogens with one attached hydrogen (secondary N) is 2. The SMILES string of the molecule is CSC(CO)C(C)NCc1ccccc1NC(C)=O. The van der Waals surface area contributed by atoms with E-state index in [4.69, 9.17) is 0 Å². The van der Waals surface area contributed by atoms with Crippen molar-refractivity contribution in [1.82, 2.24) is 5.32 Å². The van der Waals surface area contributed by atoms with E-state index in [0.29, 0.717) is 6.54 Å². The Hall–Kier alpha value is -1.04. The van der Waals surface area contributed by atoms with Crippen molar-refractivity contribution >= 4 is 23.4 Å². The van der Waals surface area contributed by atoms with Gasteiger partial charge in [0.1, 0.15) is 0 Å². The van der Waals surface area contributed by atoms with E-state index in [9.17, 15) is 9.90 Å². The lowest BCUT2D eigenvalue weighted by atomic mass is 10.1. The van der Waals surface area contributed by atoms with Gasteiger partial charge in [0, 0.05) is 30.4 Å². The Bertz CT molecular complexity index is 408. The maximum Gasteiger partial charge on any atom is 0.221 e. The van der Waals surface area contributed by atoms with Gasteiger partial charge in [-0.05, 0) is 24.8 Å². The second-order valence-corrected chi connectivity index (χ2v) is 5.54. The van der Waals surface area contributed by atoms with E-state index < -0.39 is 0 Å². The van der Waals surface area contributed by atoms with Crippen molar-refractivity contribution in [3.8, 4) is 0 Å². The highest BCUT2D eigenvalue weighted by atomic mass is 32.2. The first-order valence-corrected chi connectivity index (χ1v) is 7.59. The van der Waals surface area contributed by atoms with Crippen molar-refractivity contribution in [2.45, 2.75) is 31.7 Å². The molecule has 0 spiro atoms. The molecule has 0 heterocycles. The van der Waals surface area contributed by atoms with E-state index in [2.05, 4.69) is 17.6 Å². The van der Waals surface area contributed by atoms with E-state index in [1.807, 2.05) is 30.5 Å². The summed E-state index contributed by atoms with van der Waals surface area (Å²) in [6.07, 6.45) is 1.99. The Balaban J connectivity index is 2.64. The molecule has 0 aliphatic heterocycles. The fraction of sp³-hybridized carbons (Fsp3) is 0.500. The fourth-order valence-electron chi connectivity index (χ4n) is 1.83. The Morgan fingerprint density at radius 1 is 1.42 bits per heavy atom. The van der Waals surface area contributed by atoms with Crippen LogP contribution in [-0.2, 0) is 11.3 Å². The van der Waals surface area contributed by atoms with Crippen LogP contribution in [-0.4, -0.2) is 35.2 Å². The summed E-state index contributed by atoms with van der Waals surface area (Å²) in [6.45, 7) is 4.37. The highest BCUT2D eigenvalue weighted by molar-refractivity contribution is 7.99. The minimum absolute atomic E-state index is 0.0714. The molecule has 0 fully saturated rings. The van der Waals surface area contributed by atoms with Crippen molar-refractivity contribution < 1.29 is 9.90 Å². The van der Waals surface area contributed by atoms with Gasteiger partial charge in [0.15, 0.2) is 0 Å². The van der Waals surface area contributed by atoms with Crippen LogP contribution in [0.4, 0.5) is 5.69 Å². The predicted octanol–water partition coefficient (Wildman–Crippen LogP) is 1.85. The zero-order valence-electron chi connectivity index (χ0n) is 11.6. The Kier molecular flexibility index (Phi) is 6.91. The number of aliphatic hydroxyl groups excluding tert-OH is 1. The minimum Gasteiger partial charge on any atom is -0.395 e. The second kappa shape index (κ2) is 8.19. The largest absolute Gasteiger partial charge is 0.395 e. The molecule has 1 aromatic carbocycles. The topological polar surface area (TPSA) is 61.4 Å². The summed E-state index contributed by atoms with van der Waals surface area (Å²) in [5, 5.41) is 15.6. The molecular formula is C14H22N2O2S. The quantitative estimate of drug-likeness (QED) is 0.714. The molecule has 3 N–H and O–H groups in total. The molecule has 0 bridgehead atoms. The lowest BCUT2D eigenvalue weighted by molar-refractivity contribution is -0.114. The Morgan fingerprint density at radius 2 is 2.11 bits per heavy atom. The van der Waals surface area contributed by atoms with Crippen LogP contribution in [0.1, 0.15) is 19.4 Å². The third-order valence-corrected chi connectivity index (χ3v) is 4.15. The van der Waals surface area contributed by atoms with Crippen LogP contribution < -0.4 is 10.6 Å². The third-order valence-electron chi connectivity index (χ3n) is 2.98. The molecule has 2 atom stereocenters. The van der Waals surface area contributed by atoms with Gasteiger partial charge in [-0.1, -0.05) is 18.2 Å². The van der Waals surface area contributed by atoms with Gasteiger partial charge in [0.05, 0.1) is 6.61 Å². The molecule has 1 aromatic rings. The summed E-state index contributed by atoms with van der Waals surface area (Å²) in [6, 6.07) is 7.92. The maximum atomic E-state index is 11.1. The lowest BCUT2D eigenvalue weighted by Crippen LogP contribution is -2.37. The van der Waals surface area contributed by atoms with Crippen LogP contribution in [0.5, 0.6) is 0 Å². The van der Waals surface area contributed by atoms with E-state index >= 15 is 0 Å². The lowest BCUT2D eigenvalue weighted by Gasteiger charge is -2.22. The molecule has 4 nitrogen and oxygen atoms in total. The molecule has 5 heteroatoms. The van der Waals surface area contributed by atoms with Gasteiger partial charge in [-0.3, -0.25) is 4.79 Å². The molecule has 19 heavy (non-hydrogen) atoms. The average molecular weight is 282 g/mol. The highest BCUT2D eigenvalue weighted by Gasteiger charge is 2.14. The number of aliphatic hydroxyl groups is 1. The number of hydrogen-bond donors (Lipinski definition) is 3. The molecule has 0 aliphatic rings. The van der Waals surface area contributed by atoms with Gasteiger partial charge < -0.3 is 15.7 Å². The Morgan fingerprint density at radius 3 is 2.68 bits per heavy atom. The van der Waals surface area contributed by atoms with Crippen molar-refractivity contribution in [2.24, 2.45) is 0 Å². The normalized spacial score (nSPS) is 13.9. The number of thioether (sulfide) groups is 1. The molecule has 1 rings (SSSR count). The Labute approximate surface area is 119 Å². The van der Waals surface area contributed by atoms with Crippen molar-refractivity contribution in [3.63, 3.8) is 0 Å². The van der Waals surface area contributed by atoms with Crippen LogP contribution >= 0.6 is 11.8 Å². The van der Waals surface area contributed by atoms with Gasteiger partial charge in [-0.15, -0.1) is 0 Å². The fourth-order valence-corrected chi connectivity index (χ4v) is 2.48. The van der Waals surface area contributed by atoms with E-state index in [1.165, 1.54) is 6.92 Å². The number of benzene rings is 1. The zero-order chi connectivity index (χ0) is 14.3. The molecule has 1 amide bonds. The van der Waals surface area contributed by atoms with Gasteiger partial charge >= 0.3 is 0 Å². The van der Waals surface area contributed by atoms with Crippen molar-refractivity contribution in [3.05, 3.63) is 29.8 Å². The van der Waals surface area contributed by atoms with E-state index in [1.54, 1.807) is 11.8 Å². The molecule has 0 saturated carbocycles. The standard InChI is InChI=1S/C14H22N2O2S/c1-10(14(9-17)19-3)15-8-12-6-4-5-7-13(12)16-11(2)18/h4-7,10,14-15,17H,8-9H2,1-3H3,(H,16,18). The zero-order valence-corrected chi connectivity index (χ0v) is 12.5. The monoisotopic (exact) mass is 282 g/mol. The van der Waals surface area contributed by atoms with E-state index in [-0.39, 0.29) is 23.8 Å². The second-order valence-electron chi connectivity index (χ2n) is 4.46. The molecule has 0 aromatic heterocycles. The summed E-state index contributed by atoms with van der Waals surface area (Å²) >= 11 is 1.65. The number of anilines is 1. The van der Waals surface area contributed by atoms with Crippen LogP contribution in [0.25, 0.3) is 0 Å².